The molecule has 1 atom stereocenters. The van der Waals surface area contributed by atoms with Crippen molar-refractivity contribution in [2.45, 2.75) is 13.0 Å². The van der Waals surface area contributed by atoms with Crippen LogP contribution < -0.4 is 10.2 Å². The molecular formula is C23H33N5O2S. The minimum absolute atomic E-state index is 0.292. The number of thiophene rings is 1. The predicted octanol–water partition coefficient (Wildman–Crippen LogP) is 2.61. The summed E-state index contributed by atoms with van der Waals surface area (Å²) < 4.78 is 5.56. The summed E-state index contributed by atoms with van der Waals surface area (Å²) in [6.45, 7) is 10.7. The summed E-state index contributed by atoms with van der Waals surface area (Å²) in [6, 6.07) is 12.2. The fourth-order valence-corrected chi connectivity index (χ4v) is 5.10. The van der Waals surface area contributed by atoms with E-state index in [1.54, 1.807) is 6.07 Å². The van der Waals surface area contributed by atoms with Gasteiger partial charge < -0.3 is 25.0 Å². The Morgan fingerprint density at radius 3 is 2.55 bits per heavy atom. The lowest BCUT2D eigenvalue weighted by Gasteiger charge is -2.38. The Bertz CT molecular complexity index is 830. The molecule has 0 aliphatic carbocycles. The summed E-state index contributed by atoms with van der Waals surface area (Å²) in [7, 11) is 0. The van der Waals surface area contributed by atoms with Crippen LogP contribution in [0, 0.1) is 0 Å². The lowest BCUT2D eigenvalue weighted by atomic mass is 10.2. The van der Waals surface area contributed by atoms with Gasteiger partial charge in [0.2, 0.25) is 0 Å². The normalized spacial score (nSPS) is 19.5. The van der Waals surface area contributed by atoms with Crippen molar-refractivity contribution in [3.8, 4) is 5.75 Å². The van der Waals surface area contributed by atoms with Gasteiger partial charge in [0.05, 0.1) is 31.5 Å². The summed E-state index contributed by atoms with van der Waals surface area (Å²) >= 11 is 1.81. The minimum atomic E-state index is 0.292. The summed E-state index contributed by atoms with van der Waals surface area (Å²) in [5.74, 6) is 1.33. The van der Waals surface area contributed by atoms with Crippen LogP contribution in [0.5, 0.6) is 5.75 Å². The molecule has 0 amide bonds. The number of nitrogens with one attached hydrogen (secondary N) is 1. The molecule has 0 spiro atoms. The number of benzene rings is 1. The van der Waals surface area contributed by atoms with Crippen molar-refractivity contribution in [3.05, 3.63) is 46.7 Å². The average Bonchev–Trinajstić information content (AvgIpc) is 3.34. The Morgan fingerprint density at radius 2 is 1.87 bits per heavy atom. The van der Waals surface area contributed by atoms with E-state index < -0.39 is 0 Å². The molecule has 2 aliphatic heterocycles. The van der Waals surface area contributed by atoms with Crippen LogP contribution in [-0.2, 0) is 4.74 Å². The molecule has 2 saturated heterocycles. The zero-order valence-corrected chi connectivity index (χ0v) is 19.1. The second-order valence-corrected chi connectivity index (χ2v) is 8.82. The molecule has 168 valence electrons. The maximum atomic E-state index is 10.2. The highest BCUT2D eigenvalue weighted by molar-refractivity contribution is 7.10. The van der Waals surface area contributed by atoms with Gasteiger partial charge >= 0.3 is 0 Å². The largest absolute Gasteiger partial charge is 0.506 e. The van der Waals surface area contributed by atoms with E-state index in [9.17, 15) is 5.11 Å². The van der Waals surface area contributed by atoms with Crippen molar-refractivity contribution in [3.63, 3.8) is 0 Å². The van der Waals surface area contributed by atoms with Gasteiger partial charge in [0.25, 0.3) is 0 Å². The number of piperazine rings is 1. The fourth-order valence-electron chi connectivity index (χ4n) is 4.24. The third-order valence-electron chi connectivity index (χ3n) is 5.91. The molecule has 3 heterocycles. The highest BCUT2D eigenvalue weighted by Gasteiger charge is 2.25. The van der Waals surface area contributed by atoms with E-state index in [2.05, 4.69) is 44.5 Å². The van der Waals surface area contributed by atoms with Crippen molar-refractivity contribution < 1.29 is 9.84 Å². The third-order valence-corrected chi connectivity index (χ3v) is 6.88. The molecular weight excluding hydrogens is 410 g/mol. The molecule has 0 saturated carbocycles. The second kappa shape index (κ2) is 10.8. The van der Waals surface area contributed by atoms with Crippen LogP contribution in [0.4, 0.5) is 5.69 Å². The summed E-state index contributed by atoms with van der Waals surface area (Å²) in [4.78, 5) is 13.5. The Morgan fingerprint density at radius 1 is 1.10 bits per heavy atom. The summed E-state index contributed by atoms with van der Waals surface area (Å²) in [5, 5.41) is 15.8. The van der Waals surface area contributed by atoms with Gasteiger partial charge in [-0.15, -0.1) is 11.3 Å². The van der Waals surface area contributed by atoms with Gasteiger partial charge in [-0.25, -0.2) is 0 Å². The Labute approximate surface area is 188 Å². The molecule has 8 heteroatoms. The van der Waals surface area contributed by atoms with Gasteiger partial charge in [0.15, 0.2) is 5.96 Å². The SMILES string of the molecule is CCNC(=NCC(c1cccs1)N1CCOCC1)N1CCN(c2ccccc2O)CC1. The number of guanidine groups is 1. The number of morpholine rings is 1. The summed E-state index contributed by atoms with van der Waals surface area (Å²) in [6.07, 6.45) is 0. The van der Waals surface area contributed by atoms with Crippen LogP contribution in [0.15, 0.2) is 46.8 Å². The molecule has 1 unspecified atom stereocenters. The highest BCUT2D eigenvalue weighted by atomic mass is 32.1. The van der Waals surface area contributed by atoms with Crippen LogP contribution in [0.1, 0.15) is 17.8 Å². The number of phenolic OH excluding ortho intramolecular Hbond substituents is 1. The van der Waals surface area contributed by atoms with E-state index in [0.717, 1.165) is 77.2 Å². The van der Waals surface area contributed by atoms with E-state index in [0.29, 0.717) is 11.8 Å². The molecule has 2 aromatic rings. The zero-order valence-electron chi connectivity index (χ0n) is 18.2. The quantitative estimate of drug-likeness (QED) is 0.529. The minimum Gasteiger partial charge on any atom is -0.506 e. The van der Waals surface area contributed by atoms with E-state index in [1.165, 1.54) is 4.88 Å². The first-order valence-corrected chi connectivity index (χ1v) is 12.1. The van der Waals surface area contributed by atoms with E-state index in [1.807, 2.05) is 29.5 Å². The summed E-state index contributed by atoms with van der Waals surface area (Å²) in [5.41, 5.74) is 0.911. The van der Waals surface area contributed by atoms with E-state index in [-0.39, 0.29) is 0 Å². The third kappa shape index (κ3) is 5.50. The van der Waals surface area contributed by atoms with Gasteiger partial charge in [0.1, 0.15) is 5.75 Å². The maximum Gasteiger partial charge on any atom is 0.194 e. The fraction of sp³-hybridized carbons (Fsp3) is 0.522. The van der Waals surface area contributed by atoms with Gasteiger partial charge in [-0.1, -0.05) is 18.2 Å². The molecule has 31 heavy (non-hydrogen) atoms. The van der Waals surface area contributed by atoms with E-state index in [4.69, 9.17) is 9.73 Å². The first-order valence-electron chi connectivity index (χ1n) is 11.2. The predicted molar refractivity (Wildman–Crippen MR) is 127 cm³/mol. The van der Waals surface area contributed by atoms with Crippen molar-refractivity contribution in [2.24, 2.45) is 4.99 Å². The molecule has 7 nitrogen and oxygen atoms in total. The molecule has 4 rings (SSSR count). The number of rotatable bonds is 6. The molecule has 1 aromatic heterocycles. The van der Waals surface area contributed by atoms with Gasteiger partial charge in [-0.2, -0.15) is 0 Å². The van der Waals surface area contributed by atoms with Gasteiger partial charge in [-0.3, -0.25) is 9.89 Å². The Hall–Kier alpha value is -2.29. The van der Waals surface area contributed by atoms with Crippen molar-refractivity contribution in [1.29, 1.82) is 0 Å². The topological polar surface area (TPSA) is 63.6 Å². The Kier molecular flexibility index (Phi) is 7.66. The maximum absolute atomic E-state index is 10.2. The first-order chi connectivity index (χ1) is 15.3. The van der Waals surface area contributed by atoms with Crippen LogP contribution >= 0.6 is 11.3 Å². The lowest BCUT2D eigenvalue weighted by molar-refractivity contribution is 0.0186. The molecule has 0 radical (unpaired) electrons. The number of nitrogens with zero attached hydrogens (tertiary/aromatic N) is 4. The average molecular weight is 444 g/mol. The van der Waals surface area contributed by atoms with Crippen molar-refractivity contribution in [1.82, 2.24) is 15.1 Å². The monoisotopic (exact) mass is 443 g/mol. The molecule has 2 fully saturated rings. The van der Waals surface area contributed by atoms with Crippen LogP contribution in [0.25, 0.3) is 0 Å². The zero-order chi connectivity index (χ0) is 21.5. The highest BCUT2D eigenvalue weighted by Crippen LogP contribution is 2.28. The van der Waals surface area contributed by atoms with Crippen molar-refractivity contribution in [2.75, 3.05) is 70.5 Å². The lowest BCUT2D eigenvalue weighted by Crippen LogP contribution is -2.52. The number of hydrogen-bond acceptors (Lipinski definition) is 6. The standard InChI is InChI=1S/C23H33N5O2S/c1-2-24-23(28-11-9-26(10-12-28)19-6-3-4-7-21(19)29)25-18-20(22-8-5-17-31-22)27-13-15-30-16-14-27/h3-8,17,20,29H,2,9-16,18H2,1H3,(H,24,25). The van der Waals surface area contributed by atoms with Crippen molar-refractivity contribution >= 4 is 23.0 Å². The number of ether oxygens (including phenoxy) is 1. The molecule has 1 aromatic carbocycles. The molecule has 2 N–H and O–H groups in total. The second-order valence-electron chi connectivity index (χ2n) is 7.84. The number of hydrogen-bond donors (Lipinski definition) is 2. The smallest absolute Gasteiger partial charge is 0.194 e. The first kappa shape index (κ1) is 21.9. The Balaban J connectivity index is 1.43. The van der Waals surface area contributed by atoms with Crippen LogP contribution in [-0.4, -0.2) is 86.4 Å². The number of aromatic hydroxyl groups is 1. The molecule has 0 bridgehead atoms. The van der Waals surface area contributed by atoms with E-state index >= 15 is 0 Å². The van der Waals surface area contributed by atoms with Crippen LogP contribution in [0.2, 0.25) is 0 Å². The number of phenols is 1. The van der Waals surface area contributed by atoms with Gasteiger partial charge in [0, 0.05) is 50.7 Å². The van der Waals surface area contributed by atoms with Gasteiger partial charge in [-0.05, 0) is 30.5 Å². The number of aliphatic imine (C=N–C) groups is 1. The molecule has 2 aliphatic rings. The number of anilines is 1. The number of para-hydroxylation sites is 2. The van der Waals surface area contributed by atoms with Crippen LogP contribution in [0.3, 0.4) is 0 Å².